The molecule has 2 amide bonds. The highest BCUT2D eigenvalue weighted by Gasteiger charge is 2.34. The van der Waals surface area contributed by atoms with Crippen molar-refractivity contribution in [3.05, 3.63) is 102 Å². The van der Waals surface area contributed by atoms with Crippen LogP contribution in [0.5, 0.6) is 0 Å². The third kappa shape index (κ3) is 5.14. The van der Waals surface area contributed by atoms with Crippen molar-refractivity contribution in [2.45, 2.75) is 25.8 Å². The van der Waals surface area contributed by atoms with Gasteiger partial charge in [0.25, 0.3) is 5.91 Å². The number of carbonyl (C=O) groups excluding carboxylic acids is 2. The number of aryl methyl sites for hydroxylation is 1. The first-order valence-electron chi connectivity index (χ1n) is 11.6. The van der Waals surface area contributed by atoms with Gasteiger partial charge in [0.2, 0.25) is 11.9 Å². The van der Waals surface area contributed by atoms with Gasteiger partial charge in [-0.05, 0) is 61.7 Å². The summed E-state index contributed by atoms with van der Waals surface area (Å²) in [6.07, 6.45) is 3.58. The minimum atomic E-state index is -0.408. The molecular formula is C28H25FN4O2. The Balaban J connectivity index is 1.41. The average Bonchev–Trinajstić information content (AvgIpc) is 3.62. The van der Waals surface area contributed by atoms with Gasteiger partial charge in [-0.15, -0.1) is 0 Å². The Morgan fingerprint density at radius 1 is 1.03 bits per heavy atom. The van der Waals surface area contributed by atoms with Crippen LogP contribution in [0.2, 0.25) is 0 Å². The number of halogens is 1. The molecule has 0 radical (unpaired) electrons. The van der Waals surface area contributed by atoms with Crippen LogP contribution in [-0.4, -0.2) is 38.9 Å². The van der Waals surface area contributed by atoms with Crippen LogP contribution < -0.4 is 5.32 Å². The summed E-state index contributed by atoms with van der Waals surface area (Å²) >= 11 is 0. The second kappa shape index (κ2) is 9.54. The predicted molar refractivity (Wildman–Crippen MR) is 133 cm³/mol. The highest BCUT2D eigenvalue weighted by atomic mass is 19.1. The number of aromatic nitrogens is 2. The first-order chi connectivity index (χ1) is 17.0. The molecule has 1 heterocycles. The lowest BCUT2D eigenvalue weighted by atomic mass is 10.2. The number of benzene rings is 3. The summed E-state index contributed by atoms with van der Waals surface area (Å²) in [4.78, 5) is 32.4. The molecule has 0 saturated heterocycles. The van der Waals surface area contributed by atoms with Gasteiger partial charge >= 0.3 is 0 Å². The summed E-state index contributed by atoms with van der Waals surface area (Å²) in [6, 6.07) is 23.1. The van der Waals surface area contributed by atoms with Crippen molar-refractivity contribution in [1.29, 1.82) is 0 Å². The summed E-state index contributed by atoms with van der Waals surface area (Å²) in [5.74, 6) is -0.653. The van der Waals surface area contributed by atoms with Crippen LogP contribution >= 0.6 is 0 Å². The van der Waals surface area contributed by atoms with Crippen LogP contribution in [0, 0.1) is 12.7 Å². The molecule has 176 valence electrons. The summed E-state index contributed by atoms with van der Waals surface area (Å²) in [6.45, 7) is 1.90. The number of nitrogens with zero attached hydrogens (tertiary/aromatic N) is 3. The van der Waals surface area contributed by atoms with Crippen molar-refractivity contribution >= 4 is 17.8 Å². The standard InChI is InChI=1S/C28H25FN4O2/c1-19-6-5-9-24(16-19)33-17-25(20-7-3-2-4-8-20)30-28(33)31-26(34)18-32(23-14-15-23)27(35)21-10-12-22(29)13-11-21/h2-13,16-17,23H,14-15,18H2,1H3,(H,30,31,34). The van der Waals surface area contributed by atoms with Crippen molar-refractivity contribution in [2.75, 3.05) is 11.9 Å². The highest BCUT2D eigenvalue weighted by Crippen LogP contribution is 2.29. The quantitative estimate of drug-likeness (QED) is 0.404. The molecular weight excluding hydrogens is 443 g/mol. The van der Waals surface area contributed by atoms with Crippen molar-refractivity contribution in [3.8, 4) is 16.9 Å². The fraction of sp³-hybridized carbons (Fsp3) is 0.179. The van der Waals surface area contributed by atoms with Crippen molar-refractivity contribution in [2.24, 2.45) is 0 Å². The van der Waals surface area contributed by atoms with Crippen LogP contribution in [0.25, 0.3) is 16.9 Å². The lowest BCUT2D eigenvalue weighted by molar-refractivity contribution is -0.117. The van der Waals surface area contributed by atoms with Crippen LogP contribution in [0.4, 0.5) is 10.3 Å². The molecule has 7 heteroatoms. The fourth-order valence-corrected chi connectivity index (χ4v) is 4.02. The van der Waals surface area contributed by atoms with E-state index < -0.39 is 5.82 Å². The third-order valence-corrected chi connectivity index (χ3v) is 5.96. The third-order valence-electron chi connectivity index (χ3n) is 5.96. The van der Waals surface area contributed by atoms with Gasteiger partial charge in [-0.2, -0.15) is 0 Å². The number of hydrogen-bond donors (Lipinski definition) is 1. The van der Waals surface area contributed by atoms with Gasteiger partial charge in [-0.3, -0.25) is 19.5 Å². The summed E-state index contributed by atoms with van der Waals surface area (Å²) < 4.78 is 15.1. The minimum absolute atomic E-state index is 0.00898. The minimum Gasteiger partial charge on any atom is -0.326 e. The first kappa shape index (κ1) is 22.5. The van der Waals surface area contributed by atoms with Gasteiger partial charge in [0.05, 0.1) is 5.69 Å². The zero-order valence-corrected chi connectivity index (χ0v) is 19.3. The molecule has 0 unspecified atom stereocenters. The Kier molecular flexibility index (Phi) is 6.14. The number of anilines is 1. The molecule has 1 saturated carbocycles. The molecule has 5 rings (SSSR count). The van der Waals surface area contributed by atoms with Crippen molar-refractivity contribution in [1.82, 2.24) is 14.5 Å². The van der Waals surface area contributed by atoms with E-state index in [1.165, 1.54) is 24.3 Å². The molecule has 0 bridgehead atoms. The van der Waals surface area contributed by atoms with E-state index in [4.69, 9.17) is 4.98 Å². The zero-order valence-electron chi connectivity index (χ0n) is 19.3. The highest BCUT2D eigenvalue weighted by molar-refractivity contribution is 5.99. The maximum atomic E-state index is 13.3. The Labute approximate surface area is 203 Å². The number of imidazole rings is 1. The number of rotatable bonds is 7. The molecule has 1 N–H and O–H groups in total. The van der Waals surface area contributed by atoms with E-state index >= 15 is 0 Å². The van der Waals surface area contributed by atoms with Crippen LogP contribution in [0.15, 0.2) is 85.1 Å². The van der Waals surface area contributed by atoms with E-state index in [0.717, 1.165) is 35.3 Å². The number of carbonyl (C=O) groups is 2. The average molecular weight is 469 g/mol. The molecule has 0 atom stereocenters. The van der Waals surface area contributed by atoms with Gasteiger partial charge < -0.3 is 4.90 Å². The molecule has 1 aliphatic rings. The van der Waals surface area contributed by atoms with E-state index in [1.807, 2.05) is 72.3 Å². The SMILES string of the molecule is Cc1cccc(-n2cc(-c3ccccc3)nc2NC(=O)CN(C(=O)c2ccc(F)cc2)C2CC2)c1. The topological polar surface area (TPSA) is 67.2 Å². The van der Waals surface area contributed by atoms with E-state index in [-0.39, 0.29) is 24.4 Å². The molecule has 6 nitrogen and oxygen atoms in total. The van der Waals surface area contributed by atoms with Crippen molar-refractivity contribution < 1.29 is 14.0 Å². The molecule has 1 aliphatic carbocycles. The fourth-order valence-electron chi connectivity index (χ4n) is 4.02. The van der Waals surface area contributed by atoms with Crippen molar-refractivity contribution in [3.63, 3.8) is 0 Å². The number of amides is 2. The Morgan fingerprint density at radius 3 is 2.46 bits per heavy atom. The predicted octanol–water partition coefficient (Wildman–Crippen LogP) is 5.23. The van der Waals surface area contributed by atoms with E-state index in [1.54, 1.807) is 4.90 Å². The van der Waals surface area contributed by atoms with Gasteiger partial charge in [-0.1, -0.05) is 42.5 Å². The Bertz CT molecular complexity index is 1360. The maximum absolute atomic E-state index is 13.3. The van der Waals surface area contributed by atoms with E-state index in [2.05, 4.69) is 5.32 Å². The molecule has 3 aromatic carbocycles. The molecule has 0 spiro atoms. The van der Waals surface area contributed by atoms with Gasteiger partial charge in [0.1, 0.15) is 12.4 Å². The van der Waals surface area contributed by atoms with E-state index in [9.17, 15) is 14.0 Å². The summed E-state index contributed by atoms with van der Waals surface area (Å²) in [5.41, 5.74) is 3.97. The second-order valence-electron chi connectivity index (χ2n) is 8.74. The largest absolute Gasteiger partial charge is 0.326 e. The number of nitrogens with one attached hydrogen (secondary N) is 1. The second-order valence-corrected chi connectivity index (χ2v) is 8.74. The lowest BCUT2D eigenvalue weighted by Crippen LogP contribution is -2.39. The molecule has 4 aromatic rings. The summed E-state index contributed by atoms with van der Waals surface area (Å²) in [5, 5.41) is 2.91. The van der Waals surface area contributed by atoms with Gasteiger partial charge in [-0.25, -0.2) is 9.37 Å². The Hall–Kier alpha value is -4.26. The molecule has 1 fully saturated rings. The molecule has 0 aliphatic heterocycles. The molecule has 35 heavy (non-hydrogen) atoms. The first-order valence-corrected chi connectivity index (χ1v) is 11.6. The van der Waals surface area contributed by atoms with Gasteiger partial charge in [0.15, 0.2) is 0 Å². The van der Waals surface area contributed by atoms with Crippen LogP contribution in [-0.2, 0) is 4.79 Å². The summed E-state index contributed by atoms with van der Waals surface area (Å²) in [7, 11) is 0. The zero-order chi connectivity index (χ0) is 24.4. The van der Waals surface area contributed by atoms with Gasteiger partial charge in [0, 0.05) is 29.1 Å². The smallest absolute Gasteiger partial charge is 0.254 e. The Morgan fingerprint density at radius 2 is 1.77 bits per heavy atom. The van der Waals surface area contributed by atoms with Crippen LogP contribution in [0.3, 0.4) is 0 Å². The number of hydrogen-bond acceptors (Lipinski definition) is 3. The van der Waals surface area contributed by atoms with Crippen LogP contribution in [0.1, 0.15) is 28.8 Å². The van der Waals surface area contributed by atoms with E-state index in [0.29, 0.717) is 11.5 Å². The molecule has 1 aromatic heterocycles. The maximum Gasteiger partial charge on any atom is 0.254 e. The normalized spacial score (nSPS) is 12.9. The lowest BCUT2D eigenvalue weighted by Gasteiger charge is -2.22. The monoisotopic (exact) mass is 468 g/mol.